The highest BCUT2D eigenvalue weighted by molar-refractivity contribution is 5.95. The molecule has 0 heterocycles. The Morgan fingerprint density at radius 3 is 2.21 bits per heavy atom. The molecule has 0 saturated carbocycles. The molecule has 2 rings (SSSR count). The van der Waals surface area contributed by atoms with Crippen LogP contribution in [0.25, 0.3) is 0 Å². The summed E-state index contributed by atoms with van der Waals surface area (Å²) in [6.07, 6.45) is 0.739. The number of nitrogens with one attached hydrogen (secondary N) is 2. The van der Waals surface area contributed by atoms with Gasteiger partial charge in [0.15, 0.2) is 0 Å². The van der Waals surface area contributed by atoms with Crippen LogP contribution in [0, 0.1) is 20.8 Å². The first-order valence-electron chi connectivity index (χ1n) is 9.19. The molecule has 0 radical (unpaired) electrons. The van der Waals surface area contributed by atoms with Crippen molar-refractivity contribution in [3.05, 3.63) is 52.6 Å². The predicted molar refractivity (Wildman–Crippen MR) is 110 cm³/mol. The van der Waals surface area contributed by atoms with Gasteiger partial charge in [0.1, 0.15) is 11.5 Å². The Morgan fingerprint density at radius 1 is 0.929 bits per heavy atom. The van der Waals surface area contributed by atoms with E-state index in [1.54, 1.807) is 14.2 Å². The number of hydrogen-bond donors (Lipinski definition) is 2. The van der Waals surface area contributed by atoms with Crippen LogP contribution in [0.2, 0.25) is 0 Å². The molecule has 2 aromatic rings. The smallest absolute Gasteiger partial charge is 0.243 e. The van der Waals surface area contributed by atoms with Crippen molar-refractivity contribution in [3.63, 3.8) is 0 Å². The van der Waals surface area contributed by atoms with Crippen molar-refractivity contribution < 1.29 is 19.1 Å². The minimum Gasteiger partial charge on any atom is -0.497 e. The maximum atomic E-state index is 12.2. The first kappa shape index (κ1) is 21.3. The summed E-state index contributed by atoms with van der Waals surface area (Å²) in [5.41, 5.74) is 4.83. The zero-order chi connectivity index (χ0) is 20.7. The van der Waals surface area contributed by atoms with Gasteiger partial charge in [-0.05, 0) is 62.1 Å². The summed E-state index contributed by atoms with van der Waals surface area (Å²) in [6.45, 7) is 5.86. The number of hydrogen-bond acceptors (Lipinski definition) is 4. The molecule has 0 aliphatic carbocycles. The Kier molecular flexibility index (Phi) is 7.44. The highest BCUT2D eigenvalue weighted by Gasteiger charge is 2.11. The molecular weight excluding hydrogens is 356 g/mol. The highest BCUT2D eigenvalue weighted by atomic mass is 16.5. The molecule has 0 spiro atoms. The van der Waals surface area contributed by atoms with Gasteiger partial charge in [0.2, 0.25) is 11.8 Å². The Labute approximate surface area is 166 Å². The molecule has 6 heteroatoms. The lowest BCUT2D eigenvalue weighted by Crippen LogP contribution is -2.33. The average Bonchev–Trinajstić information content (AvgIpc) is 2.67. The number of carbonyl (C=O) groups is 2. The molecule has 0 unspecified atom stereocenters. The lowest BCUT2D eigenvalue weighted by atomic mass is 10.1. The normalized spacial score (nSPS) is 10.3. The molecule has 150 valence electrons. The molecular formula is C22H28N2O4. The topological polar surface area (TPSA) is 76.7 Å². The van der Waals surface area contributed by atoms with Gasteiger partial charge in [-0.15, -0.1) is 0 Å². The quantitative estimate of drug-likeness (QED) is 0.732. The standard InChI is InChI=1S/C22H28N2O4/c1-14-10-15(2)22(16(3)11-14)24-21(26)13-23-20(25)9-6-17-12-18(27-4)7-8-19(17)28-5/h7-8,10-12H,6,9,13H2,1-5H3,(H,23,25)(H,24,26). The summed E-state index contributed by atoms with van der Waals surface area (Å²) in [4.78, 5) is 24.3. The van der Waals surface area contributed by atoms with Crippen LogP contribution in [-0.4, -0.2) is 32.6 Å². The Bertz CT molecular complexity index is 839. The number of benzene rings is 2. The average molecular weight is 384 g/mol. The lowest BCUT2D eigenvalue weighted by molar-refractivity contribution is -0.124. The third-order valence-corrected chi connectivity index (χ3v) is 4.50. The zero-order valence-corrected chi connectivity index (χ0v) is 17.1. The number of amides is 2. The number of ether oxygens (including phenoxy) is 2. The number of anilines is 1. The van der Waals surface area contributed by atoms with Gasteiger partial charge in [0.05, 0.1) is 20.8 Å². The minimum absolute atomic E-state index is 0.0686. The van der Waals surface area contributed by atoms with E-state index < -0.39 is 0 Å². The maximum Gasteiger partial charge on any atom is 0.243 e. The number of rotatable bonds is 8. The SMILES string of the molecule is COc1ccc(OC)c(CCC(=O)NCC(=O)Nc2c(C)cc(C)cc2C)c1. The Hall–Kier alpha value is -3.02. The molecule has 2 amide bonds. The van der Waals surface area contributed by atoms with E-state index in [1.807, 2.05) is 51.1 Å². The van der Waals surface area contributed by atoms with Crippen LogP contribution in [0.1, 0.15) is 28.7 Å². The van der Waals surface area contributed by atoms with Crippen LogP contribution in [-0.2, 0) is 16.0 Å². The van der Waals surface area contributed by atoms with E-state index in [4.69, 9.17) is 9.47 Å². The van der Waals surface area contributed by atoms with Gasteiger partial charge in [0, 0.05) is 12.1 Å². The first-order valence-corrected chi connectivity index (χ1v) is 9.19. The van der Waals surface area contributed by atoms with Crippen molar-refractivity contribution in [1.29, 1.82) is 0 Å². The monoisotopic (exact) mass is 384 g/mol. The van der Waals surface area contributed by atoms with E-state index in [0.717, 1.165) is 27.9 Å². The highest BCUT2D eigenvalue weighted by Crippen LogP contribution is 2.25. The van der Waals surface area contributed by atoms with Crippen molar-refractivity contribution in [2.24, 2.45) is 0 Å². The third-order valence-electron chi connectivity index (χ3n) is 4.50. The maximum absolute atomic E-state index is 12.2. The van der Waals surface area contributed by atoms with Gasteiger partial charge in [-0.1, -0.05) is 17.7 Å². The van der Waals surface area contributed by atoms with Crippen molar-refractivity contribution in [1.82, 2.24) is 5.32 Å². The van der Waals surface area contributed by atoms with Crippen molar-refractivity contribution in [2.45, 2.75) is 33.6 Å². The molecule has 2 N–H and O–H groups in total. The molecule has 28 heavy (non-hydrogen) atoms. The Balaban J connectivity index is 1.87. The number of carbonyl (C=O) groups excluding carboxylic acids is 2. The van der Waals surface area contributed by atoms with Crippen molar-refractivity contribution in [3.8, 4) is 11.5 Å². The first-order chi connectivity index (χ1) is 13.3. The van der Waals surface area contributed by atoms with Crippen molar-refractivity contribution in [2.75, 3.05) is 26.1 Å². The lowest BCUT2D eigenvalue weighted by Gasteiger charge is -2.13. The molecule has 0 bridgehead atoms. The van der Waals surface area contributed by atoms with E-state index in [0.29, 0.717) is 17.9 Å². The minimum atomic E-state index is -0.248. The van der Waals surface area contributed by atoms with Crippen LogP contribution in [0.4, 0.5) is 5.69 Å². The molecule has 2 aromatic carbocycles. The van der Waals surface area contributed by atoms with Crippen LogP contribution in [0.3, 0.4) is 0 Å². The second-order valence-corrected chi connectivity index (χ2v) is 6.78. The summed E-state index contributed by atoms with van der Waals surface area (Å²) < 4.78 is 10.5. The van der Waals surface area contributed by atoms with E-state index in [9.17, 15) is 9.59 Å². The summed E-state index contributed by atoms with van der Waals surface area (Å²) in [5, 5.41) is 5.54. The largest absolute Gasteiger partial charge is 0.497 e. The summed E-state index contributed by atoms with van der Waals surface area (Å²) in [5.74, 6) is 0.968. The fourth-order valence-electron chi connectivity index (χ4n) is 3.15. The van der Waals surface area contributed by atoms with Gasteiger partial charge < -0.3 is 20.1 Å². The van der Waals surface area contributed by atoms with Crippen LogP contribution in [0.15, 0.2) is 30.3 Å². The molecule has 0 saturated heterocycles. The molecule has 6 nitrogen and oxygen atoms in total. The van der Waals surface area contributed by atoms with E-state index in [2.05, 4.69) is 10.6 Å². The van der Waals surface area contributed by atoms with Crippen LogP contribution in [0.5, 0.6) is 11.5 Å². The molecule has 0 atom stereocenters. The molecule has 0 aliphatic heterocycles. The van der Waals surface area contributed by atoms with Gasteiger partial charge in [-0.25, -0.2) is 0 Å². The van der Waals surface area contributed by atoms with Crippen molar-refractivity contribution >= 4 is 17.5 Å². The molecule has 0 aliphatic rings. The van der Waals surface area contributed by atoms with Gasteiger partial charge in [-0.3, -0.25) is 9.59 Å². The second kappa shape index (κ2) is 9.78. The number of aryl methyl sites for hydroxylation is 4. The van der Waals surface area contributed by atoms with Gasteiger partial charge in [-0.2, -0.15) is 0 Å². The fraction of sp³-hybridized carbons (Fsp3) is 0.364. The van der Waals surface area contributed by atoms with E-state index in [-0.39, 0.29) is 24.8 Å². The molecule has 0 aromatic heterocycles. The Morgan fingerprint density at radius 2 is 1.61 bits per heavy atom. The summed E-state index contributed by atoms with van der Waals surface area (Å²) in [6, 6.07) is 9.50. The number of methoxy groups -OCH3 is 2. The zero-order valence-electron chi connectivity index (χ0n) is 17.1. The van der Waals surface area contributed by atoms with E-state index in [1.165, 1.54) is 0 Å². The van der Waals surface area contributed by atoms with Gasteiger partial charge >= 0.3 is 0 Å². The molecule has 0 fully saturated rings. The summed E-state index contributed by atoms with van der Waals surface area (Å²) in [7, 11) is 3.18. The van der Waals surface area contributed by atoms with E-state index >= 15 is 0 Å². The second-order valence-electron chi connectivity index (χ2n) is 6.78. The van der Waals surface area contributed by atoms with Crippen LogP contribution >= 0.6 is 0 Å². The van der Waals surface area contributed by atoms with Gasteiger partial charge in [0.25, 0.3) is 0 Å². The summed E-state index contributed by atoms with van der Waals surface area (Å²) >= 11 is 0. The predicted octanol–water partition coefficient (Wildman–Crippen LogP) is 3.32. The van der Waals surface area contributed by atoms with Crippen LogP contribution < -0.4 is 20.1 Å². The fourth-order valence-corrected chi connectivity index (χ4v) is 3.15. The third kappa shape index (κ3) is 5.74.